The molecule has 0 aliphatic carbocycles. The van der Waals surface area contributed by atoms with Crippen LogP contribution in [0.25, 0.3) is 0 Å². The molecule has 8 nitrogen and oxygen atoms in total. The van der Waals surface area contributed by atoms with Gasteiger partial charge in [0, 0.05) is 9.37 Å². The molecular weight excluding hydrogens is 869 g/mol. The Morgan fingerprint density at radius 2 is 1.09 bits per heavy atom. The lowest BCUT2D eigenvalue weighted by Crippen LogP contribution is -2.04. The molecule has 0 amide bonds. The molecule has 3 N–H and O–H groups in total. The van der Waals surface area contributed by atoms with E-state index in [9.17, 15) is 45.8 Å². The van der Waals surface area contributed by atoms with Crippen LogP contribution in [-0.2, 0) is 12.4 Å². The average Bonchev–Trinajstić information content (AvgIpc) is 3.11. The fraction of sp³-hybridized carbons (Fsp3) is 0.108. The highest BCUT2D eigenvalue weighted by Crippen LogP contribution is 2.39. The summed E-state index contributed by atoms with van der Waals surface area (Å²) in [7, 11) is 0. The number of carboxylic acid groups (broad SMARTS) is 3. The summed E-state index contributed by atoms with van der Waals surface area (Å²) in [6.07, 6.45) is -9.01. The van der Waals surface area contributed by atoms with Gasteiger partial charge in [0.25, 0.3) is 0 Å². The smallest absolute Gasteiger partial charge is 0.416 e. The first-order chi connectivity index (χ1) is 25.7. The fourth-order valence-corrected chi connectivity index (χ4v) is 5.74. The van der Waals surface area contributed by atoms with Gasteiger partial charge in [-0.1, -0.05) is 48.3 Å². The second-order valence-corrected chi connectivity index (χ2v) is 13.5. The number of thioether (sulfide) groups is 1. The molecule has 0 aliphatic rings. The van der Waals surface area contributed by atoms with Crippen molar-refractivity contribution < 1.29 is 65.5 Å². The van der Waals surface area contributed by atoms with Crippen molar-refractivity contribution in [2.45, 2.75) is 24.2 Å². The molecule has 0 radical (unpaired) electrons. The molecule has 0 atom stereocenters. The molecule has 290 valence electrons. The van der Waals surface area contributed by atoms with Crippen molar-refractivity contribution in [3.63, 3.8) is 0 Å². The van der Waals surface area contributed by atoms with Gasteiger partial charge in [-0.15, -0.1) is 11.8 Å². The summed E-state index contributed by atoms with van der Waals surface area (Å²) in [5, 5.41) is 26.2. The highest BCUT2D eigenvalue weighted by molar-refractivity contribution is 9.10. The minimum atomic E-state index is -4.50. The van der Waals surface area contributed by atoms with E-state index in [2.05, 4.69) is 15.9 Å². The Hall–Kier alpha value is -4.90. The second kappa shape index (κ2) is 19.6. The maximum atomic E-state index is 12.6. The van der Waals surface area contributed by atoms with Gasteiger partial charge in [-0.05, 0) is 107 Å². The number of hydrogen-bond acceptors (Lipinski definition) is 6. The van der Waals surface area contributed by atoms with Gasteiger partial charge in [-0.3, -0.25) is 0 Å². The van der Waals surface area contributed by atoms with Gasteiger partial charge in [0.1, 0.15) is 23.0 Å². The number of alkyl halides is 6. The Bertz CT molecular complexity index is 2150. The quantitative estimate of drug-likeness (QED) is 0.0978. The van der Waals surface area contributed by atoms with Crippen LogP contribution in [0.4, 0.5) is 26.3 Å². The van der Waals surface area contributed by atoms with Crippen LogP contribution in [0, 0.1) is 0 Å². The molecule has 5 aromatic rings. The third-order valence-corrected chi connectivity index (χ3v) is 8.88. The minimum Gasteiger partial charge on any atom is -0.478 e. The summed E-state index contributed by atoms with van der Waals surface area (Å²) in [5.41, 5.74) is -1.44. The molecule has 0 aliphatic heterocycles. The van der Waals surface area contributed by atoms with Crippen LogP contribution in [0.15, 0.2) is 112 Å². The largest absolute Gasteiger partial charge is 0.478 e. The Balaban J connectivity index is 0.000000242. The van der Waals surface area contributed by atoms with E-state index in [-0.39, 0.29) is 44.2 Å². The van der Waals surface area contributed by atoms with Crippen LogP contribution in [0.5, 0.6) is 23.0 Å². The van der Waals surface area contributed by atoms with Crippen molar-refractivity contribution >= 4 is 68.8 Å². The lowest BCUT2D eigenvalue weighted by Gasteiger charge is -2.12. The lowest BCUT2D eigenvalue weighted by atomic mass is 10.2. The van der Waals surface area contributed by atoms with Gasteiger partial charge in [-0.2, -0.15) is 26.3 Å². The molecule has 55 heavy (non-hydrogen) atoms. The number of halogens is 9. The van der Waals surface area contributed by atoms with E-state index in [1.807, 2.05) is 6.92 Å². The number of aromatic carboxylic acids is 3. The number of rotatable bonds is 9. The van der Waals surface area contributed by atoms with Gasteiger partial charge >= 0.3 is 30.3 Å². The molecule has 0 spiro atoms. The van der Waals surface area contributed by atoms with Gasteiger partial charge in [-0.25, -0.2) is 14.4 Å². The second-order valence-electron chi connectivity index (χ2n) is 10.5. The topological polar surface area (TPSA) is 130 Å². The highest BCUT2D eigenvalue weighted by atomic mass is 79.9. The van der Waals surface area contributed by atoms with Crippen molar-refractivity contribution in [1.82, 2.24) is 0 Å². The molecule has 0 fully saturated rings. The molecule has 18 heteroatoms. The molecule has 0 heterocycles. The third kappa shape index (κ3) is 13.4. The van der Waals surface area contributed by atoms with Crippen molar-refractivity contribution in [2.24, 2.45) is 0 Å². The predicted octanol–water partition coefficient (Wildman–Crippen LogP) is 13.0. The lowest BCUT2D eigenvalue weighted by molar-refractivity contribution is -0.138. The summed E-state index contributed by atoms with van der Waals surface area (Å²) in [6.45, 7) is 1.89. The Morgan fingerprint density at radius 1 is 0.636 bits per heavy atom. The van der Waals surface area contributed by atoms with Crippen molar-refractivity contribution in [2.75, 3.05) is 5.75 Å². The van der Waals surface area contributed by atoms with Crippen LogP contribution in [0.1, 0.15) is 49.1 Å². The molecule has 0 saturated heterocycles. The van der Waals surface area contributed by atoms with Crippen LogP contribution in [-0.4, -0.2) is 39.0 Å². The minimum absolute atomic E-state index is 0.00618. The van der Waals surface area contributed by atoms with E-state index < -0.39 is 41.4 Å². The van der Waals surface area contributed by atoms with E-state index in [0.717, 1.165) is 36.4 Å². The Labute approximate surface area is 331 Å². The molecule has 0 bridgehead atoms. The maximum Gasteiger partial charge on any atom is 0.416 e. The molecule has 5 rings (SSSR count). The maximum absolute atomic E-state index is 12.6. The highest BCUT2D eigenvalue weighted by Gasteiger charge is 2.32. The average molecular weight is 894 g/mol. The zero-order valence-electron chi connectivity index (χ0n) is 27.7. The van der Waals surface area contributed by atoms with Crippen LogP contribution in [0.3, 0.4) is 0 Å². The standard InChI is InChI=1S/C16H12ClF3O3S.C14H7BrClF3O3.C7H6O2/c1-2-24-14-6-4-10(8-11(14)15(21)22)23-13-5-3-9(7-12(13)17)16(18,19)20;15-10-3-2-8(6-9(10)13(20)21)22-12-4-1-7(5-11(12)16)14(17,18)19;8-7(9)6-4-2-1-3-5-6/h3-8H,2H2,1H3,(H,21,22);1-6H,(H,20,21);1-5H,(H,8,9). The van der Waals surface area contributed by atoms with E-state index in [1.54, 1.807) is 42.5 Å². The number of carbonyl (C=O) groups is 3. The molecule has 0 saturated carbocycles. The van der Waals surface area contributed by atoms with E-state index >= 15 is 0 Å². The summed E-state index contributed by atoms with van der Waals surface area (Å²) < 4.78 is 86.6. The predicted molar refractivity (Wildman–Crippen MR) is 197 cm³/mol. The van der Waals surface area contributed by atoms with Gasteiger partial charge in [0.2, 0.25) is 0 Å². The van der Waals surface area contributed by atoms with Crippen molar-refractivity contribution in [3.05, 3.63) is 145 Å². The third-order valence-electron chi connectivity index (χ3n) is 6.64. The van der Waals surface area contributed by atoms with Crippen LogP contribution >= 0.6 is 50.9 Å². The first kappa shape index (κ1) is 44.5. The Kier molecular flexibility index (Phi) is 15.9. The summed E-state index contributed by atoms with van der Waals surface area (Å²) in [4.78, 5) is 33.1. The zero-order chi connectivity index (χ0) is 41.1. The first-order valence-electron chi connectivity index (χ1n) is 15.1. The Morgan fingerprint density at radius 3 is 1.47 bits per heavy atom. The van der Waals surface area contributed by atoms with Crippen LogP contribution in [0.2, 0.25) is 10.0 Å². The number of ether oxygens (including phenoxy) is 2. The van der Waals surface area contributed by atoms with Crippen molar-refractivity contribution in [3.8, 4) is 23.0 Å². The number of carboxylic acids is 3. The number of hydrogen-bond donors (Lipinski definition) is 3. The SMILES string of the molecule is CCSc1ccc(Oc2ccc(C(F)(F)F)cc2Cl)cc1C(=O)O.O=C(O)c1cc(Oc2ccc(C(F)(F)F)cc2Cl)ccc1Br.O=C(O)c1ccccc1. The number of benzene rings is 5. The van der Waals surface area contributed by atoms with Gasteiger partial charge < -0.3 is 24.8 Å². The van der Waals surface area contributed by atoms with E-state index in [0.29, 0.717) is 20.7 Å². The van der Waals surface area contributed by atoms with Gasteiger partial charge in [0.15, 0.2) is 0 Å². The molecule has 0 aromatic heterocycles. The summed E-state index contributed by atoms with van der Waals surface area (Å²) >= 11 is 16.0. The van der Waals surface area contributed by atoms with Gasteiger partial charge in [0.05, 0.1) is 37.9 Å². The molecule has 5 aromatic carbocycles. The summed E-state index contributed by atoms with van der Waals surface area (Å²) in [6, 6.07) is 22.3. The summed E-state index contributed by atoms with van der Waals surface area (Å²) in [5.74, 6) is -2.14. The first-order valence-corrected chi connectivity index (χ1v) is 17.6. The molecule has 0 unspecified atom stereocenters. The van der Waals surface area contributed by atoms with E-state index in [1.165, 1.54) is 36.0 Å². The zero-order valence-corrected chi connectivity index (χ0v) is 31.6. The van der Waals surface area contributed by atoms with E-state index in [4.69, 9.17) is 42.9 Å². The normalized spacial score (nSPS) is 10.9. The fourth-order valence-electron chi connectivity index (χ4n) is 4.11. The molecular formula is C37H25BrCl2F6O8S. The van der Waals surface area contributed by atoms with Crippen molar-refractivity contribution in [1.29, 1.82) is 0 Å². The monoisotopic (exact) mass is 892 g/mol. The van der Waals surface area contributed by atoms with Crippen LogP contribution < -0.4 is 9.47 Å².